The Morgan fingerprint density at radius 2 is 1.88 bits per heavy atom. The van der Waals surface area contributed by atoms with Gasteiger partial charge >= 0.3 is 0 Å². The third kappa shape index (κ3) is 3.42. The molecule has 3 rings (SSSR count). The molecule has 1 aliphatic rings. The fraction of sp³-hybridized carbons (Fsp3) is 0.235. The summed E-state index contributed by atoms with van der Waals surface area (Å²) in [5.74, 6) is -0.449. The van der Waals surface area contributed by atoms with Crippen LogP contribution in [0.5, 0.6) is 0 Å². The third-order valence-electron chi connectivity index (χ3n) is 4.33. The molecule has 0 aromatic heterocycles. The highest BCUT2D eigenvalue weighted by Gasteiger charge is 2.36. The van der Waals surface area contributed by atoms with E-state index in [2.05, 4.69) is 0 Å². The largest absolute Gasteiger partial charge is 0.337 e. The molecule has 7 nitrogen and oxygen atoms in total. The number of carbonyl (C=O) groups is 1. The second kappa shape index (κ2) is 7.05. The fourth-order valence-corrected chi connectivity index (χ4v) is 4.84. The summed E-state index contributed by atoms with van der Waals surface area (Å²) in [5.41, 5.74) is -0.246. The van der Waals surface area contributed by atoms with Crippen molar-refractivity contribution in [2.75, 3.05) is 13.1 Å². The first-order valence-corrected chi connectivity index (χ1v) is 9.75. The molecule has 1 heterocycles. The van der Waals surface area contributed by atoms with Gasteiger partial charge in [0.1, 0.15) is 5.02 Å². The SMILES string of the molecule is O=C(c1ccc(Cl)c([N+](=O)[O-])c1)N1CCC(S(=O)(=O)c2ccccc2)C1. The van der Waals surface area contributed by atoms with Gasteiger partial charge in [-0.25, -0.2) is 8.42 Å². The van der Waals surface area contributed by atoms with Crippen LogP contribution in [0.25, 0.3) is 0 Å². The highest BCUT2D eigenvalue weighted by molar-refractivity contribution is 7.92. The predicted molar refractivity (Wildman–Crippen MR) is 96.0 cm³/mol. The lowest BCUT2D eigenvalue weighted by Crippen LogP contribution is -2.32. The van der Waals surface area contributed by atoms with Gasteiger partial charge in [-0.2, -0.15) is 0 Å². The van der Waals surface area contributed by atoms with Crippen LogP contribution in [0.15, 0.2) is 53.4 Å². The number of likely N-dealkylation sites (tertiary alicyclic amines) is 1. The number of carbonyl (C=O) groups excluding carboxylic acids is 1. The van der Waals surface area contributed by atoms with Gasteiger partial charge in [-0.05, 0) is 30.7 Å². The van der Waals surface area contributed by atoms with E-state index in [0.29, 0.717) is 6.42 Å². The molecule has 0 aliphatic carbocycles. The average molecular weight is 395 g/mol. The van der Waals surface area contributed by atoms with Crippen molar-refractivity contribution in [3.05, 3.63) is 69.2 Å². The Morgan fingerprint density at radius 1 is 1.19 bits per heavy atom. The predicted octanol–water partition coefficient (Wildman–Crippen LogP) is 2.94. The molecule has 26 heavy (non-hydrogen) atoms. The number of hydrogen-bond donors (Lipinski definition) is 0. The van der Waals surface area contributed by atoms with Gasteiger partial charge in [0.2, 0.25) is 0 Å². The van der Waals surface area contributed by atoms with Gasteiger partial charge in [-0.3, -0.25) is 14.9 Å². The molecule has 0 spiro atoms. The smallest absolute Gasteiger partial charge is 0.288 e. The summed E-state index contributed by atoms with van der Waals surface area (Å²) < 4.78 is 25.4. The number of sulfone groups is 1. The second-order valence-electron chi connectivity index (χ2n) is 5.94. The summed E-state index contributed by atoms with van der Waals surface area (Å²) in [4.78, 5) is 24.5. The van der Waals surface area contributed by atoms with Crippen molar-refractivity contribution in [3.8, 4) is 0 Å². The van der Waals surface area contributed by atoms with Gasteiger partial charge in [0.25, 0.3) is 11.6 Å². The summed E-state index contributed by atoms with van der Waals surface area (Å²) in [6.45, 7) is 0.318. The van der Waals surface area contributed by atoms with Crippen LogP contribution in [0.4, 0.5) is 5.69 Å². The lowest BCUT2D eigenvalue weighted by Gasteiger charge is -2.17. The van der Waals surface area contributed by atoms with E-state index in [1.807, 2.05) is 0 Å². The van der Waals surface area contributed by atoms with Crippen molar-refractivity contribution in [2.24, 2.45) is 0 Å². The Labute approximate surface area is 155 Å². The summed E-state index contributed by atoms with van der Waals surface area (Å²) in [5, 5.41) is 10.2. The zero-order valence-corrected chi connectivity index (χ0v) is 15.1. The minimum absolute atomic E-state index is 0.0481. The quantitative estimate of drug-likeness (QED) is 0.586. The van der Waals surface area contributed by atoms with Crippen LogP contribution < -0.4 is 0 Å². The molecule has 2 aromatic carbocycles. The van der Waals surface area contributed by atoms with Crippen LogP contribution in [0.2, 0.25) is 5.02 Å². The standard InChI is InChI=1S/C17H15ClN2O5S/c18-15-7-6-12(10-16(15)20(22)23)17(21)19-9-8-14(11-19)26(24,25)13-4-2-1-3-5-13/h1-7,10,14H,8-9,11H2. The molecule has 1 saturated heterocycles. The molecule has 0 saturated carbocycles. The zero-order chi connectivity index (χ0) is 18.9. The number of nitro benzene ring substituents is 1. The number of benzene rings is 2. The van der Waals surface area contributed by atoms with Crippen molar-refractivity contribution in [3.63, 3.8) is 0 Å². The molecule has 1 unspecified atom stereocenters. The highest BCUT2D eigenvalue weighted by atomic mass is 35.5. The number of nitrogens with zero attached hydrogens (tertiary/aromatic N) is 2. The van der Waals surface area contributed by atoms with Crippen LogP contribution in [0.1, 0.15) is 16.8 Å². The Hall–Kier alpha value is -2.45. The van der Waals surface area contributed by atoms with E-state index in [-0.39, 0.29) is 34.3 Å². The highest BCUT2D eigenvalue weighted by Crippen LogP contribution is 2.28. The van der Waals surface area contributed by atoms with Gasteiger partial charge in [0.05, 0.1) is 15.1 Å². The molecule has 0 radical (unpaired) electrons. The first-order valence-electron chi connectivity index (χ1n) is 7.83. The van der Waals surface area contributed by atoms with E-state index in [4.69, 9.17) is 11.6 Å². The average Bonchev–Trinajstić information content (AvgIpc) is 3.13. The fourth-order valence-electron chi connectivity index (χ4n) is 2.94. The Bertz CT molecular complexity index is 962. The van der Waals surface area contributed by atoms with Crippen molar-refractivity contribution in [2.45, 2.75) is 16.6 Å². The number of amides is 1. The van der Waals surface area contributed by atoms with Crippen LogP contribution in [0.3, 0.4) is 0 Å². The van der Waals surface area contributed by atoms with E-state index >= 15 is 0 Å². The van der Waals surface area contributed by atoms with Crippen molar-refractivity contribution >= 4 is 33.0 Å². The Morgan fingerprint density at radius 3 is 2.54 bits per heavy atom. The zero-order valence-electron chi connectivity index (χ0n) is 13.5. The lowest BCUT2D eigenvalue weighted by atomic mass is 10.2. The van der Waals surface area contributed by atoms with Gasteiger partial charge in [-0.15, -0.1) is 0 Å². The lowest BCUT2D eigenvalue weighted by molar-refractivity contribution is -0.384. The van der Waals surface area contributed by atoms with Crippen molar-refractivity contribution in [1.29, 1.82) is 0 Å². The minimum atomic E-state index is -3.54. The van der Waals surface area contributed by atoms with Gasteiger partial charge in [0, 0.05) is 24.7 Å². The molecule has 136 valence electrons. The number of hydrogen-bond acceptors (Lipinski definition) is 5. The number of nitro groups is 1. The summed E-state index contributed by atoms with van der Waals surface area (Å²) in [6.07, 6.45) is 0.318. The maximum atomic E-state index is 12.7. The molecule has 1 aliphatic heterocycles. The molecular weight excluding hydrogens is 380 g/mol. The maximum Gasteiger partial charge on any atom is 0.288 e. The summed E-state index contributed by atoms with van der Waals surface area (Å²) >= 11 is 5.76. The molecule has 9 heteroatoms. The van der Waals surface area contributed by atoms with Gasteiger partial charge in [-0.1, -0.05) is 29.8 Å². The van der Waals surface area contributed by atoms with E-state index in [1.165, 1.54) is 29.2 Å². The van der Waals surface area contributed by atoms with E-state index in [0.717, 1.165) is 6.07 Å². The van der Waals surface area contributed by atoms with E-state index < -0.39 is 25.9 Å². The monoisotopic (exact) mass is 394 g/mol. The molecule has 0 N–H and O–H groups in total. The van der Waals surface area contributed by atoms with Crippen LogP contribution >= 0.6 is 11.6 Å². The maximum absolute atomic E-state index is 12.7. The number of halogens is 1. The minimum Gasteiger partial charge on any atom is -0.337 e. The third-order valence-corrected chi connectivity index (χ3v) is 6.84. The first-order chi connectivity index (χ1) is 12.3. The van der Waals surface area contributed by atoms with Crippen LogP contribution in [0, 0.1) is 10.1 Å². The van der Waals surface area contributed by atoms with Gasteiger partial charge < -0.3 is 4.90 Å². The Kier molecular flexibility index (Phi) is 4.97. The summed E-state index contributed by atoms with van der Waals surface area (Å²) in [7, 11) is -3.54. The molecule has 1 amide bonds. The molecule has 1 atom stereocenters. The normalized spacial score (nSPS) is 17.3. The van der Waals surface area contributed by atoms with E-state index in [1.54, 1.807) is 18.2 Å². The molecular formula is C17H15ClN2O5S. The Balaban J connectivity index is 1.80. The molecule has 2 aromatic rings. The number of rotatable bonds is 4. The van der Waals surface area contributed by atoms with E-state index in [9.17, 15) is 23.3 Å². The van der Waals surface area contributed by atoms with Crippen molar-refractivity contribution < 1.29 is 18.1 Å². The topological polar surface area (TPSA) is 97.6 Å². The van der Waals surface area contributed by atoms with Crippen LogP contribution in [-0.2, 0) is 9.84 Å². The van der Waals surface area contributed by atoms with Gasteiger partial charge in [0.15, 0.2) is 9.84 Å². The molecule has 0 bridgehead atoms. The van der Waals surface area contributed by atoms with Crippen LogP contribution in [-0.4, -0.2) is 42.5 Å². The van der Waals surface area contributed by atoms with Crippen molar-refractivity contribution in [1.82, 2.24) is 4.90 Å². The second-order valence-corrected chi connectivity index (χ2v) is 8.58. The first kappa shape index (κ1) is 18.3. The molecule has 1 fully saturated rings. The summed E-state index contributed by atoms with van der Waals surface area (Å²) in [6, 6.07) is 11.9.